The predicted molar refractivity (Wildman–Crippen MR) is 78.2 cm³/mol. The maximum Gasteiger partial charge on any atom is 0.232 e. The number of benzene rings is 1. The lowest BCUT2D eigenvalue weighted by molar-refractivity contribution is -0.126. The van der Waals surface area contributed by atoms with Gasteiger partial charge in [0, 0.05) is 6.54 Å². The molecule has 1 aromatic rings. The number of amides is 1. The standard InChI is InChI=1S/C14H20N2OS/c1-4-10-7-5-6-8-11(10)9-16-13(17)14(2,3)12(15)18/h5-8H,4,9H2,1-3H3,(H2,15,18)(H,16,17). The van der Waals surface area contributed by atoms with E-state index < -0.39 is 5.41 Å². The zero-order valence-electron chi connectivity index (χ0n) is 11.1. The van der Waals surface area contributed by atoms with Crippen molar-refractivity contribution in [3.05, 3.63) is 35.4 Å². The van der Waals surface area contributed by atoms with Crippen LogP contribution < -0.4 is 11.1 Å². The Hall–Kier alpha value is -1.42. The van der Waals surface area contributed by atoms with E-state index in [2.05, 4.69) is 18.3 Å². The summed E-state index contributed by atoms with van der Waals surface area (Å²) in [7, 11) is 0. The van der Waals surface area contributed by atoms with Gasteiger partial charge < -0.3 is 11.1 Å². The largest absolute Gasteiger partial charge is 0.392 e. The van der Waals surface area contributed by atoms with Crippen molar-refractivity contribution in [2.24, 2.45) is 11.1 Å². The highest BCUT2D eigenvalue weighted by molar-refractivity contribution is 7.80. The summed E-state index contributed by atoms with van der Waals surface area (Å²) in [5, 5.41) is 2.89. The van der Waals surface area contributed by atoms with Crippen LogP contribution in [0.15, 0.2) is 24.3 Å². The van der Waals surface area contributed by atoms with Crippen molar-refractivity contribution >= 4 is 23.1 Å². The summed E-state index contributed by atoms with van der Waals surface area (Å²) in [6.45, 7) is 6.07. The minimum atomic E-state index is -0.809. The third-order valence-corrected chi connectivity index (χ3v) is 3.63. The Labute approximate surface area is 114 Å². The first-order valence-electron chi connectivity index (χ1n) is 6.04. The van der Waals surface area contributed by atoms with Crippen LogP contribution in [0.3, 0.4) is 0 Å². The molecule has 1 aromatic carbocycles. The Morgan fingerprint density at radius 2 is 1.89 bits per heavy atom. The third-order valence-electron chi connectivity index (χ3n) is 3.12. The van der Waals surface area contributed by atoms with E-state index in [1.165, 1.54) is 5.56 Å². The second-order valence-corrected chi connectivity index (χ2v) is 5.23. The molecule has 0 bridgehead atoms. The van der Waals surface area contributed by atoms with E-state index >= 15 is 0 Å². The zero-order valence-corrected chi connectivity index (χ0v) is 11.9. The lowest BCUT2D eigenvalue weighted by Gasteiger charge is -2.22. The molecule has 0 heterocycles. The normalized spacial score (nSPS) is 11.1. The second-order valence-electron chi connectivity index (χ2n) is 4.79. The summed E-state index contributed by atoms with van der Waals surface area (Å²) >= 11 is 4.90. The molecule has 1 amide bonds. The van der Waals surface area contributed by atoms with Crippen molar-refractivity contribution < 1.29 is 4.79 Å². The summed E-state index contributed by atoms with van der Waals surface area (Å²) in [5.41, 5.74) is 7.13. The quantitative estimate of drug-likeness (QED) is 0.801. The molecule has 0 radical (unpaired) electrons. The first kappa shape index (κ1) is 14.6. The van der Waals surface area contributed by atoms with Crippen molar-refractivity contribution in [3.8, 4) is 0 Å². The molecule has 4 heteroatoms. The van der Waals surface area contributed by atoms with Crippen LogP contribution in [-0.4, -0.2) is 10.9 Å². The maximum absolute atomic E-state index is 12.0. The smallest absolute Gasteiger partial charge is 0.232 e. The maximum atomic E-state index is 12.0. The highest BCUT2D eigenvalue weighted by Crippen LogP contribution is 2.16. The van der Waals surface area contributed by atoms with Crippen LogP contribution in [0.1, 0.15) is 31.9 Å². The predicted octanol–water partition coefficient (Wildman–Crippen LogP) is 2.18. The number of hydrogen-bond acceptors (Lipinski definition) is 2. The molecule has 3 N–H and O–H groups in total. The number of carbonyl (C=O) groups is 1. The highest BCUT2D eigenvalue weighted by Gasteiger charge is 2.30. The van der Waals surface area contributed by atoms with Crippen LogP contribution in [0.2, 0.25) is 0 Å². The number of rotatable bonds is 5. The summed E-state index contributed by atoms with van der Waals surface area (Å²) in [4.78, 5) is 12.2. The van der Waals surface area contributed by atoms with E-state index in [4.69, 9.17) is 18.0 Å². The van der Waals surface area contributed by atoms with Gasteiger partial charge in [0.2, 0.25) is 5.91 Å². The number of nitrogens with one attached hydrogen (secondary N) is 1. The molecular weight excluding hydrogens is 244 g/mol. The van der Waals surface area contributed by atoms with Crippen molar-refractivity contribution in [2.75, 3.05) is 0 Å². The van der Waals surface area contributed by atoms with Crippen LogP contribution in [-0.2, 0) is 17.8 Å². The fourth-order valence-electron chi connectivity index (χ4n) is 1.58. The Morgan fingerprint density at radius 1 is 1.33 bits per heavy atom. The average molecular weight is 264 g/mol. The zero-order chi connectivity index (χ0) is 13.8. The number of carbonyl (C=O) groups excluding carboxylic acids is 1. The monoisotopic (exact) mass is 264 g/mol. The van der Waals surface area contributed by atoms with Gasteiger partial charge in [-0.3, -0.25) is 4.79 Å². The van der Waals surface area contributed by atoms with Gasteiger partial charge in [-0.15, -0.1) is 0 Å². The van der Waals surface area contributed by atoms with Gasteiger partial charge in [-0.25, -0.2) is 0 Å². The van der Waals surface area contributed by atoms with Gasteiger partial charge in [-0.05, 0) is 31.4 Å². The number of aryl methyl sites for hydroxylation is 1. The van der Waals surface area contributed by atoms with Crippen LogP contribution in [0.25, 0.3) is 0 Å². The van der Waals surface area contributed by atoms with Gasteiger partial charge >= 0.3 is 0 Å². The molecule has 0 atom stereocenters. The van der Waals surface area contributed by atoms with Crippen molar-refractivity contribution in [1.29, 1.82) is 0 Å². The van der Waals surface area contributed by atoms with Gasteiger partial charge in [0.05, 0.1) is 10.4 Å². The molecular formula is C14H20N2OS. The fraction of sp³-hybridized carbons (Fsp3) is 0.429. The SMILES string of the molecule is CCc1ccccc1CNC(=O)C(C)(C)C(N)=S. The molecule has 0 aromatic heterocycles. The first-order chi connectivity index (χ1) is 8.39. The Bertz CT molecular complexity index is 455. The van der Waals surface area contributed by atoms with E-state index in [0.29, 0.717) is 6.54 Å². The van der Waals surface area contributed by atoms with Crippen molar-refractivity contribution in [1.82, 2.24) is 5.32 Å². The number of hydrogen-bond donors (Lipinski definition) is 2. The van der Waals surface area contributed by atoms with Crippen LogP contribution in [0, 0.1) is 5.41 Å². The molecule has 1 rings (SSSR count). The van der Waals surface area contributed by atoms with Gasteiger partial charge in [-0.1, -0.05) is 43.4 Å². The second kappa shape index (κ2) is 5.96. The average Bonchev–Trinajstić information content (AvgIpc) is 2.35. The summed E-state index contributed by atoms with van der Waals surface area (Å²) in [5.74, 6) is -0.138. The van der Waals surface area contributed by atoms with Gasteiger partial charge in [-0.2, -0.15) is 0 Å². The lowest BCUT2D eigenvalue weighted by atomic mass is 9.92. The minimum Gasteiger partial charge on any atom is -0.392 e. The van der Waals surface area contributed by atoms with E-state index in [0.717, 1.165) is 12.0 Å². The topological polar surface area (TPSA) is 55.1 Å². The summed E-state index contributed by atoms with van der Waals surface area (Å²) in [6, 6.07) is 8.07. The molecule has 0 fully saturated rings. The van der Waals surface area contributed by atoms with Gasteiger partial charge in [0.1, 0.15) is 0 Å². The fourth-order valence-corrected chi connectivity index (χ4v) is 1.68. The first-order valence-corrected chi connectivity index (χ1v) is 6.45. The van der Waals surface area contributed by atoms with Crippen molar-refractivity contribution in [2.45, 2.75) is 33.7 Å². The number of thiocarbonyl (C=S) groups is 1. The van der Waals surface area contributed by atoms with Crippen molar-refractivity contribution in [3.63, 3.8) is 0 Å². The Morgan fingerprint density at radius 3 is 2.39 bits per heavy atom. The molecule has 0 saturated heterocycles. The minimum absolute atomic E-state index is 0.138. The highest BCUT2D eigenvalue weighted by atomic mass is 32.1. The van der Waals surface area contributed by atoms with Gasteiger partial charge in [0.25, 0.3) is 0 Å². The van der Waals surface area contributed by atoms with E-state index in [9.17, 15) is 4.79 Å². The molecule has 98 valence electrons. The third kappa shape index (κ3) is 3.29. The Kier molecular flexibility index (Phi) is 4.84. The Balaban J connectivity index is 2.71. The van der Waals surface area contributed by atoms with Crippen LogP contribution >= 0.6 is 12.2 Å². The summed E-state index contributed by atoms with van der Waals surface area (Å²) in [6.07, 6.45) is 0.949. The van der Waals surface area contributed by atoms with Gasteiger partial charge in [0.15, 0.2) is 0 Å². The molecule has 0 aliphatic heterocycles. The molecule has 0 aliphatic rings. The van der Waals surface area contributed by atoms with E-state index in [1.807, 2.05) is 18.2 Å². The molecule has 0 unspecified atom stereocenters. The molecule has 3 nitrogen and oxygen atoms in total. The van der Waals surface area contributed by atoms with E-state index in [1.54, 1.807) is 13.8 Å². The lowest BCUT2D eigenvalue weighted by Crippen LogP contribution is -2.44. The number of nitrogens with two attached hydrogens (primary N) is 1. The van der Waals surface area contributed by atoms with E-state index in [-0.39, 0.29) is 10.9 Å². The molecule has 18 heavy (non-hydrogen) atoms. The van der Waals surface area contributed by atoms with Crippen LogP contribution in [0.4, 0.5) is 0 Å². The van der Waals surface area contributed by atoms with Crippen LogP contribution in [0.5, 0.6) is 0 Å². The summed E-state index contributed by atoms with van der Waals surface area (Å²) < 4.78 is 0. The molecule has 0 aliphatic carbocycles. The molecule has 0 spiro atoms. The molecule has 0 saturated carbocycles.